The van der Waals surface area contributed by atoms with Crippen LogP contribution in [0.1, 0.15) is 38.2 Å². The first-order valence-corrected chi connectivity index (χ1v) is 8.04. The molecule has 4 nitrogen and oxygen atoms in total. The van der Waals surface area contributed by atoms with Crippen molar-refractivity contribution in [2.75, 3.05) is 6.54 Å². The van der Waals surface area contributed by atoms with E-state index in [9.17, 15) is 12.8 Å². The first-order chi connectivity index (χ1) is 9.36. The maximum atomic E-state index is 13.2. The van der Waals surface area contributed by atoms with Gasteiger partial charge in [0, 0.05) is 6.54 Å². The normalized spacial score (nSPS) is 17.9. The lowest BCUT2D eigenvalue weighted by Gasteiger charge is -2.23. The molecular weight excluding hydrogens is 279 g/mol. The molecule has 0 saturated heterocycles. The quantitative estimate of drug-likeness (QED) is 0.928. The minimum Gasteiger partial charge on any atom is -0.211 e. The summed E-state index contributed by atoms with van der Waals surface area (Å²) in [5.74, 6) is -0.714. The number of rotatable bonds is 4. The number of hydrogen-bond acceptors (Lipinski definition) is 3. The molecule has 0 amide bonds. The van der Waals surface area contributed by atoms with Gasteiger partial charge in [0.1, 0.15) is 11.9 Å². The van der Waals surface area contributed by atoms with Crippen LogP contribution < -0.4 is 4.72 Å². The highest BCUT2D eigenvalue weighted by Gasteiger charge is 2.30. The van der Waals surface area contributed by atoms with Gasteiger partial charge in [-0.05, 0) is 36.5 Å². The van der Waals surface area contributed by atoms with Crippen molar-refractivity contribution in [1.82, 2.24) is 4.72 Å². The molecule has 1 N–H and O–H groups in total. The Hall–Kier alpha value is -1.45. The van der Waals surface area contributed by atoms with Crippen molar-refractivity contribution in [3.05, 3.63) is 29.6 Å². The van der Waals surface area contributed by atoms with E-state index in [-0.39, 0.29) is 15.9 Å². The summed E-state index contributed by atoms with van der Waals surface area (Å²) >= 11 is 0. The minimum atomic E-state index is -3.70. The SMILES string of the molecule is CC1(CNS(=O)(=O)c2ccc(F)c(C#N)c2)CCCC1. The van der Waals surface area contributed by atoms with Crippen LogP contribution >= 0.6 is 0 Å². The monoisotopic (exact) mass is 296 g/mol. The van der Waals surface area contributed by atoms with Crippen molar-refractivity contribution in [1.29, 1.82) is 5.26 Å². The Morgan fingerprint density at radius 3 is 2.65 bits per heavy atom. The van der Waals surface area contributed by atoms with Crippen LogP contribution in [0.4, 0.5) is 4.39 Å². The molecule has 1 saturated carbocycles. The fraction of sp³-hybridized carbons (Fsp3) is 0.500. The third-order valence-corrected chi connectivity index (χ3v) is 5.27. The molecule has 1 aromatic rings. The van der Waals surface area contributed by atoms with Gasteiger partial charge < -0.3 is 0 Å². The van der Waals surface area contributed by atoms with E-state index in [1.165, 1.54) is 6.07 Å². The van der Waals surface area contributed by atoms with Gasteiger partial charge in [-0.25, -0.2) is 17.5 Å². The molecule has 0 spiro atoms. The second-order valence-corrected chi connectivity index (χ2v) is 7.36. The summed E-state index contributed by atoms with van der Waals surface area (Å²) < 4.78 is 40.1. The second kappa shape index (κ2) is 5.51. The Balaban J connectivity index is 2.16. The molecule has 20 heavy (non-hydrogen) atoms. The van der Waals surface area contributed by atoms with E-state index in [1.807, 2.05) is 0 Å². The lowest BCUT2D eigenvalue weighted by Crippen LogP contribution is -2.34. The molecule has 1 fully saturated rings. The zero-order valence-electron chi connectivity index (χ0n) is 11.3. The van der Waals surface area contributed by atoms with E-state index in [0.717, 1.165) is 37.8 Å². The van der Waals surface area contributed by atoms with Crippen LogP contribution in [0.15, 0.2) is 23.1 Å². The first kappa shape index (κ1) is 14.9. The third-order valence-electron chi connectivity index (χ3n) is 3.87. The van der Waals surface area contributed by atoms with Crippen LogP contribution in [0.25, 0.3) is 0 Å². The lowest BCUT2D eigenvalue weighted by atomic mass is 9.89. The van der Waals surface area contributed by atoms with Crippen LogP contribution in [0.3, 0.4) is 0 Å². The molecule has 0 atom stereocenters. The molecule has 0 heterocycles. The molecule has 0 aromatic heterocycles. The van der Waals surface area contributed by atoms with Crippen molar-refractivity contribution in [2.24, 2.45) is 5.41 Å². The molecule has 0 bridgehead atoms. The van der Waals surface area contributed by atoms with E-state index >= 15 is 0 Å². The molecule has 108 valence electrons. The highest BCUT2D eigenvalue weighted by Crippen LogP contribution is 2.37. The summed E-state index contributed by atoms with van der Waals surface area (Å²) in [6, 6.07) is 4.89. The molecular formula is C14H17FN2O2S. The van der Waals surface area contributed by atoms with E-state index in [0.29, 0.717) is 6.54 Å². The van der Waals surface area contributed by atoms with Crippen LogP contribution in [0, 0.1) is 22.6 Å². The smallest absolute Gasteiger partial charge is 0.211 e. The van der Waals surface area contributed by atoms with Gasteiger partial charge in [-0.2, -0.15) is 5.26 Å². The van der Waals surface area contributed by atoms with Crippen LogP contribution in [-0.4, -0.2) is 15.0 Å². The second-order valence-electron chi connectivity index (χ2n) is 5.60. The average Bonchev–Trinajstić information content (AvgIpc) is 2.85. The van der Waals surface area contributed by atoms with Crippen LogP contribution in [0.5, 0.6) is 0 Å². The molecule has 1 aliphatic rings. The minimum absolute atomic E-state index is 0.00877. The van der Waals surface area contributed by atoms with Crippen LogP contribution in [0.2, 0.25) is 0 Å². The van der Waals surface area contributed by atoms with Gasteiger partial charge in [0.2, 0.25) is 10.0 Å². The highest BCUT2D eigenvalue weighted by molar-refractivity contribution is 7.89. The number of halogens is 1. The fourth-order valence-electron chi connectivity index (χ4n) is 2.52. The number of nitrogens with one attached hydrogen (secondary N) is 1. The Kier molecular flexibility index (Phi) is 4.11. The summed E-state index contributed by atoms with van der Waals surface area (Å²) in [6.07, 6.45) is 4.24. The third kappa shape index (κ3) is 3.17. The van der Waals surface area contributed by atoms with Gasteiger partial charge in [0.25, 0.3) is 0 Å². The van der Waals surface area contributed by atoms with Crippen molar-refractivity contribution in [3.8, 4) is 6.07 Å². The van der Waals surface area contributed by atoms with Gasteiger partial charge in [-0.3, -0.25) is 0 Å². The van der Waals surface area contributed by atoms with E-state index in [4.69, 9.17) is 5.26 Å². The maximum absolute atomic E-state index is 13.2. The molecule has 2 rings (SSSR count). The highest BCUT2D eigenvalue weighted by atomic mass is 32.2. The van der Waals surface area contributed by atoms with Gasteiger partial charge in [0.05, 0.1) is 10.5 Å². The maximum Gasteiger partial charge on any atom is 0.240 e. The van der Waals surface area contributed by atoms with Gasteiger partial charge in [0.15, 0.2) is 0 Å². The molecule has 0 aliphatic heterocycles. The van der Waals surface area contributed by atoms with E-state index < -0.39 is 15.8 Å². The summed E-state index contributed by atoms with van der Waals surface area (Å²) in [5.41, 5.74) is -0.273. The van der Waals surface area contributed by atoms with Gasteiger partial charge >= 0.3 is 0 Å². The lowest BCUT2D eigenvalue weighted by molar-refractivity contribution is 0.336. The number of sulfonamides is 1. The summed E-state index contributed by atoms with van der Waals surface area (Å²) in [5, 5.41) is 8.75. The molecule has 0 unspecified atom stereocenters. The first-order valence-electron chi connectivity index (χ1n) is 6.56. The Morgan fingerprint density at radius 2 is 2.05 bits per heavy atom. The Morgan fingerprint density at radius 1 is 1.40 bits per heavy atom. The zero-order valence-corrected chi connectivity index (χ0v) is 12.1. The number of hydrogen-bond donors (Lipinski definition) is 1. The summed E-state index contributed by atoms with van der Waals surface area (Å²) in [4.78, 5) is -0.0722. The molecule has 6 heteroatoms. The standard InChI is InChI=1S/C14H17FN2O2S/c1-14(6-2-3-7-14)10-17-20(18,19)12-4-5-13(15)11(8-12)9-16/h4-5,8,17H,2-3,6-7,10H2,1H3. The predicted octanol–water partition coefficient (Wildman–Crippen LogP) is 2.56. The van der Waals surface area contributed by atoms with Crippen LogP contribution in [-0.2, 0) is 10.0 Å². The fourth-order valence-corrected chi connectivity index (χ4v) is 3.74. The van der Waals surface area contributed by atoms with Crippen molar-refractivity contribution >= 4 is 10.0 Å². The predicted molar refractivity (Wildman–Crippen MR) is 72.9 cm³/mol. The number of benzene rings is 1. The van der Waals surface area contributed by atoms with E-state index in [2.05, 4.69) is 11.6 Å². The van der Waals surface area contributed by atoms with Crippen molar-refractivity contribution in [3.63, 3.8) is 0 Å². The zero-order chi connectivity index (χ0) is 14.8. The van der Waals surface area contributed by atoms with Gasteiger partial charge in [-0.15, -0.1) is 0 Å². The number of nitrogens with zero attached hydrogens (tertiary/aromatic N) is 1. The Bertz CT molecular complexity index is 644. The molecule has 1 aliphatic carbocycles. The topological polar surface area (TPSA) is 70.0 Å². The van der Waals surface area contributed by atoms with E-state index in [1.54, 1.807) is 6.07 Å². The largest absolute Gasteiger partial charge is 0.240 e. The molecule has 0 radical (unpaired) electrons. The number of nitriles is 1. The average molecular weight is 296 g/mol. The van der Waals surface area contributed by atoms with Crippen molar-refractivity contribution < 1.29 is 12.8 Å². The van der Waals surface area contributed by atoms with Gasteiger partial charge in [-0.1, -0.05) is 19.8 Å². The Labute approximate surface area is 118 Å². The summed E-state index contributed by atoms with van der Waals surface area (Å²) in [6.45, 7) is 2.43. The summed E-state index contributed by atoms with van der Waals surface area (Å²) in [7, 11) is -3.70. The molecule has 1 aromatic carbocycles. The van der Waals surface area contributed by atoms with Crippen molar-refractivity contribution in [2.45, 2.75) is 37.5 Å².